The molecule has 2 unspecified atom stereocenters. The minimum Gasteiger partial charge on any atom is -1.00 e. The Morgan fingerprint density at radius 3 is 2.50 bits per heavy atom. The third-order valence-corrected chi connectivity index (χ3v) is 2.49. The summed E-state index contributed by atoms with van der Waals surface area (Å²) in [6.07, 6.45) is 5.53. The van der Waals surface area contributed by atoms with E-state index < -0.39 is 0 Å². The lowest BCUT2D eigenvalue weighted by molar-refractivity contribution is -0.904. The molecular weight excluding hydrogens is 198 g/mol. The first-order valence-electron chi connectivity index (χ1n) is 4.87. The van der Waals surface area contributed by atoms with Crippen molar-refractivity contribution in [1.29, 1.82) is 0 Å². The molecule has 0 spiro atoms. The fraction of sp³-hybridized carbons (Fsp3) is 0.636. The average molecular weight is 218 g/mol. The molecule has 1 aliphatic heterocycles. The van der Waals surface area contributed by atoms with E-state index in [1.165, 1.54) is 0 Å². The SMILES string of the molecule is C=CCC[N+](C)(CC=C)CC1CO1.[Cl-]. The summed E-state index contributed by atoms with van der Waals surface area (Å²) in [6, 6.07) is 0. The van der Waals surface area contributed by atoms with Crippen LogP contribution in [0.2, 0.25) is 0 Å². The molecule has 0 aromatic rings. The van der Waals surface area contributed by atoms with Crippen LogP contribution >= 0.6 is 0 Å². The Labute approximate surface area is 93.2 Å². The van der Waals surface area contributed by atoms with E-state index in [1.54, 1.807) is 0 Å². The Balaban J connectivity index is 0.00000169. The van der Waals surface area contributed by atoms with Gasteiger partial charge in [-0.3, -0.25) is 0 Å². The van der Waals surface area contributed by atoms with Crippen LogP contribution in [0, 0.1) is 0 Å². The molecule has 2 nitrogen and oxygen atoms in total. The Kier molecular flexibility index (Phi) is 6.09. The van der Waals surface area contributed by atoms with Crippen molar-refractivity contribution in [2.75, 3.05) is 33.3 Å². The number of rotatable bonds is 7. The van der Waals surface area contributed by atoms with Gasteiger partial charge in [-0.05, 0) is 6.08 Å². The number of ether oxygens (including phenoxy) is 1. The fourth-order valence-electron chi connectivity index (χ4n) is 1.64. The summed E-state index contributed by atoms with van der Waals surface area (Å²) in [5.41, 5.74) is 0. The molecule has 2 atom stereocenters. The third kappa shape index (κ3) is 4.80. The predicted octanol–water partition coefficient (Wildman–Crippen LogP) is -1.40. The van der Waals surface area contributed by atoms with Gasteiger partial charge in [0.05, 0.1) is 26.7 Å². The van der Waals surface area contributed by atoms with Crippen LogP contribution in [0.5, 0.6) is 0 Å². The topological polar surface area (TPSA) is 12.5 Å². The van der Waals surface area contributed by atoms with E-state index in [-0.39, 0.29) is 12.4 Å². The van der Waals surface area contributed by atoms with Gasteiger partial charge in [0, 0.05) is 6.42 Å². The second-order valence-corrected chi connectivity index (χ2v) is 4.03. The van der Waals surface area contributed by atoms with E-state index in [1.807, 2.05) is 12.2 Å². The standard InChI is InChI=1S/C11H20NO.ClH/c1-4-6-8-12(3,7-5-2)9-11-10-13-11;/h4-5,11H,1-2,6-10H2,3H3;1H/q+1;/p-1. The maximum atomic E-state index is 5.25. The maximum Gasteiger partial charge on any atom is 0.130 e. The zero-order valence-corrected chi connectivity index (χ0v) is 9.67. The van der Waals surface area contributed by atoms with E-state index in [4.69, 9.17) is 4.74 Å². The van der Waals surface area contributed by atoms with Gasteiger partial charge in [0.25, 0.3) is 0 Å². The van der Waals surface area contributed by atoms with Crippen LogP contribution in [0.25, 0.3) is 0 Å². The van der Waals surface area contributed by atoms with Crippen molar-refractivity contribution in [3.05, 3.63) is 25.3 Å². The van der Waals surface area contributed by atoms with Gasteiger partial charge in [-0.25, -0.2) is 0 Å². The molecule has 0 radical (unpaired) electrons. The maximum absolute atomic E-state index is 5.25. The van der Waals surface area contributed by atoms with E-state index >= 15 is 0 Å². The first-order valence-corrected chi connectivity index (χ1v) is 4.87. The molecule has 0 N–H and O–H groups in total. The highest BCUT2D eigenvalue weighted by Gasteiger charge is 2.32. The van der Waals surface area contributed by atoms with Crippen molar-refractivity contribution in [2.45, 2.75) is 12.5 Å². The highest BCUT2D eigenvalue weighted by Crippen LogP contribution is 2.16. The van der Waals surface area contributed by atoms with Crippen LogP contribution in [0.1, 0.15) is 6.42 Å². The van der Waals surface area contributed by atoms with E-state index in [0.29, 0.717) is 6.10 Å². The van der Waals surface area contributed by atoms with Crippen molar-refractivity contribution in [1.82, 2.24) is 0 Å². The molecule has 1 heterocycles. The molecular formula is C11H20ClNO. The summed E-state index contributed by atoms with van der Waals surface area (Å²) >= 11 is 0. The van der Waals surface area contributed by atoms with Gasteiger partial charge in [-0.2, -0.15) is 0 Å². The Bertz CT molecular complexity index is 192. The molecule has 1 aliphatic rings. The fourth-order valence-corrected chi connectivity index (χ4v) is 1.64. The van der Waals surface area contributed by atoms with E-state index in [9.17, 15) is 0 Å². The molecule has 0 aliphatic carbocycles. The highest BCUT2D eigenvalue weighted by atomic mass is 35.5. The number of likely N-dealkylation sites (N-methyl/N-ethyl adjacent to an activating group) is 1. The number of quaternary nitrogens is 1. The third-order valence-electron chi connectivity index (χ3n) is 2.49. The molecule has 1 saturated heterocycles. The highest BCUT2D eigenvalue weighted by molar-refractivity contribution is 4.73. The van der Waals surface area contributed by atoms with Crippen LogP contribution in [-0.2, 0) is 4.74 Å². The van der Waals surface area contributed by atoms with Gasteiger partial charge >= 0.3 is 0 Å². The number of halogens is 1. The van der Waals surface area contributed by atoms with Gasteiger partial charge in [0.15, 0.2) is 0 Å². The van der Waals surface area contributed by atoms with Gasteiger partial charge in [0.1, 0.15) is 12.6 Å². The first kappa shape index (κ1) is 13.7. The predicted molar refractivity (Wildman–Crippen MR) is 55.5 cm³/mol. The Hall–Kier alpha value is -0.310. The summed E-state index contributed by atoms with van der Waals surface area (Å²) in [7, 11) is 2.26. The van der Waals surface area contributed by atoms with Crippen LogP contribution in [0.15, 0.2) is 25.3 Å². The van der Waals surface area contributed by atoms with Crippen molar-refractivity contribution in [2.24, 2.45) is 0 Å². The van der Waals surface area contributed by atoms with Crippen LogP contribution in [-0.4, -0.2) is 43.9 Å². The molecule has 0 amide bonds. The van der Waals surface area contributed by atoms with Crippen molar-refractivity contribution >= 4 is 0 Å². The smallest absolute Gasteiger partial charge is 0.130 e. The normalized spacial score (nSPS) is 23.1. The van der Waals surface area contributed by atoms with Crippen molar-refractivity contribution < 1.29 is 21.6 Å². The number of hydrogen-bond donors (Lipinski definition) is 0. The summed E-state index contributed by atoms with van der Waals surface area (Å²) in [4.78, 5) is 0. The zero-order valence-electron chi connectivity index (χ0n) is 8.92. The molecule has 1 fully saturated rings. The van der Waals surface area contributed by atoms with Gasteiger partial charge in [-0.15, -0.1) is 6.58 Å². The summed E-state index contributed by atoms with van der Waals surface area (Å²) in [5.74, 6) is 0. The quantitative estimate of drug-likeness (QED) is 0.290. The van der Waals surface area contributed by atoms with Gasteiger partial charge < -0.3 is 21.6 Å². The lowest BCUT2D eigenvalue weighted by atomic mass is 10.2. The molecule has 3 heteroatoms. The lowest BCUT2D eigenvalue weighted by Gasteiger charge is -2.32. The van der Waals surface area contributed by atoms with Crippen LogP contribution in [0.4, 0.5) is 0 Å². The van der Waals surface area contributed by atoms with Crippen LogP contribution in [0.3, 0.4) is 0 Å². The number of hydrogen-bond acceptors (Lipinski definition) is 1. The molecule has 82 valence electrons. The van der Waals surface area contributed by atoms with Gasteiger partial charge in [0.2, 0.25) is 0 Å². The summed E-state index contributed by atoms with van der Waals surface area (Å²) in [5, 5.41) is 0. The molecule has 0 saturated carbocycles. The second kappa shape index (κ2) is 6.23. The first-order chi connectivity index (χ1) is 6.20. The van der Waals surface area contributed by atoms with E-state index in [2.05, 4.69) is 20.2 Å². The molecule has 0 bridgehead atoms. The van der Waals surface area contributed by atoms with Crippen molar-refractivity contribution in [3.8, 4) is 0 Å². The largest absolute Gasteiger partial charge is 1.00 e. The molecule has 0 aromatic carbocycles. The number of epoxide rings is 1. The molecule has 1 rings (SSSR count). The average Bonchev–Trinajstić information content (AvgIpc) is 2.85. The van der Waals surface area contributed by atoms with Crippen molar-refractivity contribution in [3.63, 3.8) is 0 Å². The number of nitrogens with zero attached hydrogens (tertiary/aromatic N) is 1. The summed E-state index contributed by atoms with van der Waals surface area (Å²) < 4.78 is 6.28. The molecule has 14 heavy (non-hydrogen) atoms. The Morgan fingerprint density at radius 1 is 1.43 bits per heavy atom. The molecule has 0 aromatic heterocycles. The monoisotopic (exact) mass is 217 g/mol. The van der Waals surface area contributed by atoms with Gasteiger partial charge in [-0.1, -0.05) is 12.7 Å². The minimum atomic E-state index is 0. The van der Waals surface area contributed by atoms with Crippen LogP contribution < -0.4 is 12.4 Å². The second-order valence-electron chi connectivity index (χ2n) is 4.03. The summed E-state index contributed by atoms with van der Waals surface area (Å²) in [6.45, 7) is 11.8. The van der Waals surface area contributed by atoms with E-state index in [0.717, 1.165) is 37.1 Å². The zero-order chi connectivity index (χ0) is 9.73. The lowest BCUT2D eigenvalue weighted by Crippen LogP contribution is -3.00. The minimum absolute atomic E-state index is 0. The Morgan fingerprint density at radius 2 is 2.07 bits per heavy atom.